The maximum absolute atomic E-state index is 13.2. The van der Waals surface area contributed by atoms with Crippen molar-refractivity contribution in [1.29, 1.82) is 0 Å². The number of hydrogen-bond acceptors (Lipinski definition) is 2. The highest BCUT2D eigenvalue weighted by Gasteiger charge is 2.04. The summed E-state index contributed by atoms with van der Waals surface area (Å²) in [6.07, 6.45) is 2.56. The molecule has 1 aromatic heterocycles. The normalized spacial score (nSPS) is 9.93. The molecule has 0 unspecified atom stereocenters. The second-order valence-electron chi connectivity index (χ2n) is 2.93. The van der Waals surface area contributed by atoms with Gasteiger partial charge in [-0.15, -0.1) is 0 Å². The Morgan fingerprint density at radius 1 is 1.13 bits per heavy atom. The standard InChI is InChI=1S/C11H8FNO2/c12-10-5-1-2-6-11(10)15-9-4-3-7-13(14)8-9/h1-8H. The molecule has 0 fully saturated rings. The van der Waals surface area contributed by atoms with Crippen LogP contribution in [0.5, 0.6) is 11.5 Å². The van der Waals surface area contributed by atoms with E-state index in [4.69, 9.17) is 4.74 Å². The minimum absolute atomic E-state index is 0.101. The number of aromatic nitrogens is 1. The van der Waals surface area contributed by atoms with Crippen molar-refractivity contribution in [3.05, 3.63) is 59.8 Å². The van der Waals surface area contributed by atoms with Crippen LogP contribution >= 0.6 is 0 Å². The van der Waals surface area contributed by atoms with Gasteiger partial charge in [-0.05, 0) is 18.2 Å². The molecule has 3 nitrogen and oxygen atoms in total. The summed E-state index contributed by atoms with van der Waals surface area (Å²) >= 11 is 0. The molecule has 0 saturated carbocycles. The van der Waals surface area contributed by atoms with Gasteiger partial charge in [0, 0.05) is 6.07 Å². The summed E-state index contributed by atoms with van der Waals surface area (Å²) in [7, 11) is 0. The summed E-state index contributed by atoms with van der Waals surface area (Å²) in [5, 5.41) is 10.9. The van der Waals surface area contributed by atoms with Gasteiger partial charge in [-0.25, -0.2) is 4.39 Å². The molecule has 0 bridgehead atoms. The summed E-state index contributed by atoms with van der Waals surface area (Å²) < 4.78 is 19.0. The molecular formula is C11H8FNO2. The summed E-state index contributed by atoms with van der Waals surface area (Å²) in [5.41, 5.74) is 0. The number of para-hydroxylation sites is 1. The zero-order valence-electron chi connectivity index (χ0n) is 7.76. The van der Waals surface area contributed by atoms with Crippen molar-refractivity contribution >= 4 is 0 Å². The van der Waals surface area contributed by atoms with Crippen LogP contribution in [0.4, 0.5) is 4.39 Å². The minimum Gasteiger partial charge on any atom is -0.619 e. The first-order valence-corrected chi connectivity index (χ1v) is 4.37. The molecule has 76 valence electrons. The van der Waals surface area contributed by atoms with E-state index >= 15 is 0 Å². The first-order chi connectivity index (χ1) is 7.25. The minimum atomic E-state index is -0.459. The molecule has 0 N–H and O–H groups in total. The van der Waals surface area contributed by atoms with E-state index in [2.05, 4.69) is 0 Å². The summed E-state index contributed by atoms with van der Waals surface area (Å²) in [6, 6.07) is 9.14. The molecule has 1 heterocycles. The van der Waals surface area contributed by atoms with Gasteiger partial charge in [0.15, 0.2) is 23.5 Å². The summed E-state index contributed by atoms with van der Waals surface area (Å²) in [6.45, 7) is 0. The molecular weight excluding hydrogens is 197 g/mol. The lowest BCUT2D eigenvalue weighted by atomic mass is 10.3. The van der Waals surface area contributed by atoms with Gasteiger partial charge in [0.25, 0.3) is 0 Å². The topological polar surface area (TPSA) is 36.2 Å². The Kier molecular flexibility index (Phi) is 2.49. The number of ether oxygens (including phenoxy) is 1. The highest BCUT2D eigenvalue weighted by molar-refractivity contribution is 5.29. The van der Waals surface area contributed by atoms with Crippen molar-refractivity contribution in [3.63, 3.8) is 0 Å². The van der Waals surface area contributed by atoms with Crippen LogP contribution in [0, 0.1) is 11.0 Å². The fraction of sp³-hybridized carbons (Fsp3) is 0. The molecule has 0 radical (unpaired) electrons. The van der Waals surface area contributed by atoms with Crippen LogP contribution in [-0.4, -0.2) is 0 Å². The molecule has 4 heteroatoms. The lowest BCUT2D eigenvalue weighted by molar-refractivity contribution is -0.605. The number of nitrogens with zero attached hydrogens (tertiary/aromatic N) is 1. The van der Waals surface area contributed by atoms with Crippen LogP contribution in [0.15, 0.2) is 48.8 Å². The maximum atomic E-state index is 13.2. The first kappa shape index (κ1) is 9.45. The van der Waals surface area contributed by atoms with E-state index in [1.165, 1.54) is 30.6 Å². The predicted molar refractivity (Wildman–Crippen MR) is 51.9 cm³/mol. The zero-order valence-corrected chi connectivity index (χ0v) is 7.76. The third-order valence-corrected chi connectivity index (χ3v) is 1.81. The number of halogens is 1. The van der Waals surface area contributed by atoms with Crippen molar-refractivity contribution in [2.45, 2.75) is 0 Å². The van der Waals surface area contributed by atoms with Crippen LogP contribution < -0.4 is 9.47 Å². The van der Waals surface area contributed by atoms with E-state index in [1.54, 1.807) is 18.2 Å². The van der Waals surface area contributed by atoms with Gasteiger partial charge in [-0.3, -0.25) is 0 Å². The van der Waals surface area contributed by atoms with Crippen LogP contribution in [0.1, 0.15) is 0 Å². The largest absolute Gasteiger partial charge is 0.619 e. The molecule has 15 heavy (non-hydrogen) atoms. The Hall–Kier alpha value is -2.10. The second kappa shape index (κ2) is 3.96. The number of pyridine rings is 1. The third-order valence-electron chi connectivity index (χ3n) is 1.81. The lowest BCUT2D eigenvalue weighted by Gasteiger charge is -2.05. The van der Waals surface area contributed by atoms with E-state index in [1.807, 2.05) is 0 Å². The van der Waals surface area contributed by atoms with Crippen LogP contribution in [0.2, 0.25) is 0 Å². The van der Waals surface area contributed by atoms with E-state index in [9.17, 15) is 9.60 Å². The monoisotopic (exact) mass is 205 g/mol. The van der Waals surface area contributed by atoms with E-state index in [0.717, 1.165) is 0 Å². The van der Waals surface area contributed by atoms with Gasteiger partial charge < -0.3 is 9.94 Å². The van der Waals surface area contributed by atoms with Gasteiger partial charge in [0.2, 0.25) is 6.20 Å². The molecule has 0 aliphatic rings. The Bertz CT molecular complexity index is 474. The molecule has 2 aromatic rings. The third kappa shape index (κ3) is 2.22. The molecule has 0 aliphatic heterocycles. The number of rotatable bonds is 2. The Morgan fingerprint density at radius 3 is 2.67 bits per heavy atom. The molecule has 0 aliphatic carbocycles. The van der Waals surface area contributed by atoms with E-state index in [0.29, 0.717) is 10.5 Å². The van der Waals surface area contributed by atoms with Crippen molar-refractivity contribution in [2.75, 3.05) is 0 Å². The van der Waals surface area contributed by atoms with Crippen molar-refractivity contribution in [2.24, 2.45) is 0 Å². The van der Waals surface area contributed by atoms with Crippen LogP contribution in [0.25, 0.3) is 0 Å². The van der Waals surface area contributed by atoms with Crippen molar-refractivity contribution < 1.29 is 13.9 Å². The van der Waals surface area contributed by atoms with E-state index in [-0.39, 0.29) is 5.75 Å². The quantitative estimate of drug-likeness (QED) is 0.556. The van der Waals surface area contributed by atoms with Gasteiger partial charge in [-0.1, -0.05) is 12.1 Å². The highest BCUT2D eigenvalue weighted by atomic mass is 19.1. The van der Waals surface area contributed by atoms with Gasteiger partial charge >= 0.3 is 0 Å². The lowest BCUT2D eigenvalue weighted by Crippen LogP contribution is -2.23. The van der Waals surface area contributed by atoms with Gasteiger partial charge in [-0.2, -0.15) is 4.73 Å². The average molecular weight is 205 g/mol. The SMILES string of the molecule is [O-][n+]1cccc(Oc2ccccc2F)c1. The first-order valence-electron chi connectivity index (χ1n) is 4.37. The Balaban J connectivity index is 2.26. The van der Waals surface area contributed by atoms with Gasteiger partial charge in [0.1, 0.15) is 0 Å². The van der Waals surface area contributed by atoms with Crippen LogP contribution in [0.3, 0.4) is 0 Å². The number of benzene rings is 1. The van der Waals surface area contributed by atoms with Crippen molar-refractivity contribution in [1.82, 2.24) is 0 Å². The summed E-state index contributed by atoms with van der Waals surface area (Å²) in [4.78, 5) is 0. The average Bonchev–Trinajstić information content (AvgIpc) is 2.22. The smallest absolute Gasteiger partial charge is 0.223 e. The fourth-order valence-corrected chi connectivity index (χ4v) is 1.15. The zero-order chi connectivity index (χ0) is 10.7. The molecule has 0 amide bonds. The highest BCUT2D eigenvalue weighted by Crippen LogP contribution is 2.22. The Morgan fingerprint density at radius 2 is 1.93 bits per heavy atom. The summed E-state index contributed by atoms with van der Waals surface area (Å²) in [5.74, 6) is -0.0555. The molecule has 2 rings (SSSR count). The maximum Gasteiger partial charge on any atom is 0.223 e. The molecule has 0 atom stereocenters. The van der Waals surface area contributed by atoms with Crippen LogP contribution in [-0.2, 0) is 0 Å². The predicted octanol–water partition coefficient (Wildman–Crippen LogP) is 2.25. The second-order valence-corrected chi connectivity index (χ2v) is 2.93. The van der Waals surface area contributed by atoms with E-state index < -0.39 is 5.82 Å². The van der Waals surface area contributed by atoms with Gasteiger partial charge in [0.05, 0.1) is 0 Å². The Labute approximate surface area is 85.9 Å². The molecule has 0 saturated heterocycles. The van der Waals surface area contributed by atoms with Crippen molar-refractivity contribution in [3.8, 4) is 11.5 Å². The molecule has 0 spiro atoms. The molecule has 1 aromatic carbocycles. The number of hydrogen-bond donors (Lipinski definition) is 0. The fourth-order valence-electron chi connectivity index (χ4n) is 1.15.